The van der Waals surface area contributed by atoms with Crippen LogP contribution in [0, 0.1) is 0 Å². The largest absolute Gasteiger partial charge is 0.297 e. The van der Waals surface area contributed by atoms with Gasteiger partial charge in [0.2, 0.25) is 9.84 Å². The van der Waals surface area contributed by atoms with Crippen LogP contribution in [-0.4, -0.2) is 16.5 Å². The molecule has 0 aliphatic heterocycles. The molecule has 0 aliphatic rings. The Morgan fingerprint density at radius 3 is 2.31 bits per heavy atom. The Bertz CT molecular complexity index is 384. The van der Waals surface area contributed by atoms with E-state index in [1.54, 1.807) is 0 Å². The van der Waals surface area contributed by atoms with E-state index in [2.05, 4.69) is 4.98 Å². The molecule has 1 heterocycles. The number of halogens is 3. The van der Waals surface area contributed by atoms with Gasteiger partial charge in [-0.15, -0.1) is 0 Å². The highest BCUT2D eigenvalue weighted by Crippen LogP contribution is 2.37. The summed E-state index contributed by atoms with van der Waals surface area (Å²) >= 11 is 15.8. The van der Waals surface area contributed by atoms with Crippen molar-refractivity contribution in [1.29, 1.82) is 0 Å². The second-order valence-corrected chi connectivity index (χ2v) is 7.18. The minimum atomic E-state index is -3.94. The fourth-order valence-electron chi connectivity index (χ4n) is 0.640. The lowest BCUT2D eigenvalue weighted by Crippen LogP contribution is -2.19. The molecule has 0 fully saturated rings. The Labute approximate surface area is 90.6 Å². The molecule has 0 aliphatic carbocycles. The van der Waals surface area contributed by atoms with Crippen molar-refractivity contribution < 1.29 is 8.42 Å². The highest BCUT2D eigenvalue weighted by Gasteiger charge is 2.39. The van der Waals surface area contributed by atoms with Gasteiger partial charge in [0.15, 0.2) is 0 Å². The topological polar surface area (TPSA) is 47.0 Å². The standard InChI is InChI=1S/C6H4Cl3NO2S/c7-6(8,9)13(11,12)5-2-1-3-10-4-5/h1-4H. The van der Waals surface area contributed by atoms with Crippen LogP contribution in [0.1, 0.15) is 0 Å². The average molecular weight is 261 g/mol. The zero-order valence-corrected chi connectivity index (χ0v) is 9.20. The molecule has 0 aromatic carbocycles. The van der Waals surface area contributed by atoms with Crippen molar-refractivity contribution in [2.24, 2.45) is 0 Å². The number of hydrogen-bond acceptors (Lipinski definition) is 3. The molecule has 0 bridgehead atoms. The normalized spacial score (nSPS) is 12.8. The molecule has 1 aromatic heterocycles. The van der Waals surface area contributed by atoms with Gasteiger partial charge < -0.3 is 0 Å². The quantitative estimate of drug-likeness (QED) is 0.727. The lowest BCUT2D eigenvalue weighted by Gasteiger charge is -2.11. The first-order chi connectivity index (χ1) is 5.86. The van der Waals surface area contributed by atoms with Gasteiger partial charge in [0.05, 0.1) is 4.90 Å². The summed E-state index contributed by atoms with van der Waals surface area (Å²) in [7, 11) is -3.94. The minimum absolute atomic E-state index is 0.116. The molecular formula is C6H4Cl3NO2S. The fraction of sp³-hybridized carbons (Fsp3) is 0.167. The molecule has 0 amide bonds. The predicted octanol–water partition coefficient (Wildman–Crippen LogP) is 2.18. The molecular weight excluding hydrogens is 256 g/mol. The molecule has 0 spiro atoms. The highest BCUT2D eigenvalue weighted by atomic mass is 35.6. The minimum Gasteiger partial charge on any atom is -0.263 e. The SMILES string of the molecule is O=S(=O)(c1cccnc1)C(Cl)(Cl)Cl. The number of pyridine rings is 1. The Kier molecular flexibility index (Phi) is 3.07. The lowest BCUT2D eigenvalue weighted by molar-refractivity contribution is 0.596. The third-order valence-electron chi connectivity index (χ3n) is 1.25. The van der Waals surface area contributed by atoms with Crippen molar-refractivity contribution in [3.05, 3.63) is 24.5 Å². The predicted molar refractivity (Wildman–Crippen MR) is 51.7 cm³/mol. The van der Waals surface area contributed by atoms with E-state index >= 15 is 0 Å². The van der Waals surface area contributed by atoms with Gasteiger partial charge in [0.25, 0.3) is 3.12 Å². The van der Waals surface area contributed by atoms with Crippen LogP contribution in [0.4, 0.5) is 0 Å². The first-order valence-corrected chi connectivity index (χ1v) is 5.69. The van der Waals surface area contributed by atoms with Crippen LogP contribution in [-0.2, 0) is 9.84 Å². The molecule has 0 saturated heterocycles. The fourth-order valence-corrected chi connectivity index (χ4v) is 2.17. The number of rotatable bonds is 1. The van der Waals surface area contributed by atoms with Crippen molar-refractivity contribution in [2.75, 3.05) is 0 Å². The summed E-state index contributed by atoms with van der Waals surface area (Å²) in [5.41, 5.74) is 0. The number of hydrogen-bond donors (Lipinski definition) is 0. The average Bonchev–Trinajstić information content (AvgIpc) is 2.04. The summed E-state index contributed by atoms with van der Waals surface area (Å²) in [5, 5.41) is 0. The summed E-state index contributed by atoms with van der Waals surface area (Å²) in [6.45, 7) is 0. The molecule has 13 heavy (non-hydrogen) atoms. The number of nitrogens with zero attached hydrogens (tertiary/aromatic N) is 1. The van der Waals surface area contributed by atoms with Crippen molar-refractivity contribution >= 4 is 44.6 Å². The van der Waals surface area contributed by atoms with E-state index in [1.807, 2.05) is 0 Å². The van der Waals surface area contributed by atoms with E-state index in [0.717, 1.165) is 6.20 Å². The molecule has 1 aromatic rings. The van der Waals surface area contributed by atoms with Gasteiger partial charge in [-0.2, -0.15) is 0 Å². The molecule has 7 heteroatoms. The zero-order valence-electron chi connectivity index (χ0n) is 6.12. The molecule has 0 unspecified atom stereocenters. The molecule has 1 rings (SSSR count). The van der Waals surface area contributed by atoms with Gasteiger partial charge in [0, 0.05) is 12.4 Å². The molecule has 3 nitrogen and oxygen atoms in total. The van der Waals surface area contributed by atoms with Crippen LogP contribution in [0.25, 0.3) is 0 Å². The van der Waals surface area contributed by atoms with E-state index in [1.165, 1.54) is 18.3 Å². The molecule has 0 N–H and O–H groups in total. The molecule has 72 valence electrons. The van der Waals surface area contributed by atoms with E-state index in [9.17, 15) is 8.42 Å². The van der Waals surface area contributed by atoms with Crippen LogP contribution in [0.2, 0.25) is 0 Å². The van der Waals surface area contributed by atoms with Gasteiger partial charge in [0.1, 0.15) is 0 Å². The van der Waals surface area contributed by atoms with E-state index in [0.29, 0.717) is 0 Å². The third kappa shape index (κ3) is 2.26. The van der Waals surface area contributed by atoms with Gasteiger partial charge in [-0.05, 0) is 12.1 Å². The van der Waals surface area contributed by atoms with Crippen LogP contribution < -0.4 is 0 Å². The Hall–Kier alpha value is -0.0300. The number of aromatic nitrogens is 1. The van der Waals surface area contributed by atoms with Crippen molar-refractivity contribution in [2.45, 2.75) is 8.02 Å². The molecule has 0 radical (unpaired) electrons. The Morgan fingerprint density at radius 1 is 1.31 bits per heavy atom. The highest BCUT2D eigenvalue weighted by molar-refractivity contribution is 7.97. The second-order valence-electron chi connectivity index (χ2n) is 2.14. The molecule has 0 saturated carbocycles. The first kappa shape index (κ1) is 11.0. The summed E-state index contributed by atoms with van der Waals surface area (Å²) in [6, 6.07) is 2.76. The maximum Gasteiger partial charge on any atom is 0.297 e. The maximum absolute atomic E-state index is 11.4. The number of sulfone groups is 1. The van der Waals surface area contributed by atoms with E-state index in [4.69, 9.17) is 34.8 Å². The zero-order chi connectivity index (χ0) is 10.1. The van der Waals surface area contributed by atoms with Crippen molar-refractivity contribution in [1.82, 2.24) is 4.98 Å². The molecule has 0 atom stereocenters. The van der Waals surface area contributed by atoms with Crippen LogP contribution in [0.3, 0.4) is 0 Å². The Balaban J connectivity index is 3.26. The number of alkyl halides is 3. The van der Waals surface area contributed by atoms with Crippen LogP contribution in [0.15, 0.2) is 29.4 Å². The van der Waals surface area contributed by atoms with Gasteiger partial charge >= 0.3 is 0 Å². The van der Waals surface area contributed by atoms with Crippen molar-refractivity contribution in [3.8, 4) is 0 Å². The second kappa shape index (κ2) is 3.61. The van der Waals surface area contributed by atoms with Gasteiger partial charge in [-0.25, -0.2) is 8.42 Å². The first-order valence-electron chi connectivity index (χ1n) is 3.07. The van der Waals surface area contributed by atoms with E-state index < -0.39 is 13.0 Å². The summed E-state index contributed by atoms with van der Waals surface area (Å²) in [5.74, 6) is 0. The van der Waals surface area contributed by atoms with E-state index in [-0.39, 0.29) is 4.90 Å². The lowest BCUT2D eigenvalue weighted by atomic mass is 10.5. The smallest absolute Gasteiger partial charge is 0.263 e. The van der Waals surface area contributed by atoms with Crippen LogP contribution in [0.5, 0.6) is 0 Å². The van der Waals surface area contributed by atoms with Gasteiger partial charge in [-0.1, -0.05) is 34.8 Å². The Morgan fingerprint density at radius 2 is 1.92 bits per heavy atom. The van der Waals surface area contributed by atoms with Gasteiger partial charge in [-0.3, -0.25) is 4.98 Å². The summed E-state index contributed by atoms with van der Waals surface area (Å²) in [4.78, 5) is 3.49. The third-order valence-corrected chi connectivity index (χ3v) is 4.55. The van der Waals surface area contributed by atoms with Crippen LogP contribution >= 0.6 is 34.8 Å². The monoisotopic (exact) mass is 259 g/mol. The summed E-state index contributed by atoms with van der Waals surface area (Å²) < 4.78 is 20.5. The maximum atomic E-state index is 11.4. The summed E-state index contributed by atoms with van der Waals surface area (Å²) in [6.07, 6.45) is 2.55. The van der Waals surface area contributed by atoms with Crippen molar-refractivity contribution in [3.63, 3.8) is 0 Å².